The predicted octanol–water partition coefficient (Wildman–Crippen LogP) is 12.1. The van der Waals surface area contributed by atoms with Crippen molar-refractivity contribution in [2.24, 2.45) is 11.8 Å². The van der Waals surface area contributed by atoms with E-state index in [1.54, 1.807) is 0 Å². The monoisotopic (exact) mass is 845 g/mol. The Kier molecular flexibility index (Phi) is 31.8. The van der Waals surface area contributed by atoms with Crippen LogP contribution in [0.5, 0.6) is 0 Å². The normalized spacial score (nSPS) is 16.8. The summed E-state index contributed by atoms with van der Waals surface area (Å²) in [7, 11) is 0. The lowest BCUT2D eigenvalue weighted by Gasteiger charge is -2.15. The third kappa shape index (κ3) is 25.2. The highest BCUT2D eigenvalue weighted by molar-refractivity contribution is 6.04. The first-order valence-corrected chi connectivity index (χ1v) is 25.3. The van der Waals surface area contributed by atoms with Crippen LogP contribution in [-0.2, 0) is 38.2 Å². The van der Waals surface area contributed by atoms with Crippen LogP contribution < -0.4 is 0 Å². The largest absolute Gasteiger partial charge is 0.464 e. The van der Waals surface area contributed by atoms with Gasteiger partial charge in [0.1, 0.15) is 13.2 Å². The van der Waals surface area contributed by atoms with Gasteiger partial charge in [-0.3, -0.25) is 38.6 Å². The Labute approximate surface area is 365 Å². The number of carbonyl (C=O) groups excluding carboxylic acids is 6. The SMILES string of the molecule is CCCCCCCCCCCCCCCC1CC(=O)N(CCOC(=O)CCCCCCC(=O)OCCN2C(=O)CC(CCCCCCCCCCCCCCC)C2=O)C1=O. The van der Waals surface area contributed by atoms with Crippen molar-refractivity contribution >= 4 is 35.6 Å². The molecule has 0 bridgehead atoms. The van der Waals surface area contributed by atoms with Gasteiger partial charge in [-0.2, -0.15) is 0 Å². The summed E-state index contributed by atoms with van der Waals surface area (Å²) in [6.07, 6.45) is 38.4. The Bertz CT molecular complexity index is 1100. The fraction of sp³-hybridized carbons (Fsp3) is 0.880. The van der Waals surface area contributed by atoms with Gasteiger partial charge < -0.3 is 9.47 Å². The van der Waals surface area contributed by atoms with Gasteiger partial charge in [0.25, 0.3) is 0 Å². The number of hydrogen-bond donors (Lipinski definition) is 0. The van der Waals surface area contributed by atoms with Crippen molar-refractivity contribution in [2.45, 2.75) is 245 Å². The molecule has 60 heavy (non-hydrogen) atoms. The maximum atomic E-state index is 12.8. The quantitative estimate of drug-likeness (QED) is 0.0338. The van der Waals surface area contributed by atoms with Gasteiger partial charge in [0.2, 0.25) is 23.6 Å². The van der Waals surface area contributed by atoms with Crippen molar-refractivity contribution in [1.82, 2.24) is 9.80 Å². The van der Waals surface area contributed by atoms with Crippen LogP contribution in [0.3, 0.4) is 0 Å². The number of imide groups is 2. The molecule has 2 aliphatic rings. The van der Waals surface area contributed by atoms with Crippen molar-refractivity contribution in [1.29, 1.82) is 0 Å². The van der Waals surface area contributed by atoms with E-state index < -0.39 is 0 Å². The van der Waals surface area contributed by atoms with Crippen LogP contribution in [-0.4, -0.2) is 71.7 Å². The van der Waals surface area contributed by atoms with Crippen molar-refractivity contribution < 1.29 is 38.2 Å². The molecule has 0 saturated carbocycles. The molecule has 346 valence electrons. The topological polar surface area (TPSA) is 127 Å². The van der Waals surface area contributed by atoms with E-state index in [2.05, 4.69) is 13.8 Å². The van der Waals surface area contributed by atoms with E-state index in [4.69, 9.17) is 9.47 Å². The molecule has 2 fully saturated rings. The summed E-state index contributed by atoms with van der Waals surface area (Å²) in [5.41, 5.74) is 0. The van der Waals surface area contributed by atoms with E-state index in [-0.39, 0.29) is 99.4 Å². The van der Waals surface area contributed by atoms with E-state index in [1.165, 1.54) is 151 Å². The predicted molar refractivity (Wildman–Crippen MR) is 240 cm³/mol. The molecule has 0 N–H and O–H groups in total. The molecule has 10 heteroatoms. The first-order valence-electron chi connectivity index (χ1n) is 25.3. The average Bonchev–Trinajstić information content (AvgIpc) is 3.66. The van der Waals surface area contributed by atoms with Crippen LogP contribution in [0.1, 0.15) is 245 Å². The highest BCUT2D eigenvalue weighted by atomic mass is 16.5. The third-order valence-electron chi connectivity index (χ3n) is 12.7. The number of rotatable bonds is 41. The molecular weight excluding hydrogens is 757 g/mol. The van der Waals surface area contributed by atoms with E-state index in [1.807, 2.05) is 0 Å². The fourth-order valence-electron chi connectivity index (χ4n) is 8.78. The molecular formula is C50H88N2O8. The number of likely N-dealkylation sites (tertiary alicyclic amines) is 2. The molecule has 2 saturated heterocycles. The highest BCUT2D eigenvalue weighted by Crippen LogP contribution is 2.27. The number of carbonyl (C=O) groups is 6. The van der Waals surface area contributed by atoms with Crippen LogP contribution in [0.2, 0.25) is 0 Å². The minimum atomic E-state index is -0.352. The smallest absolute Gasteiger partial charge is 0.305 e. The maximum absolute atomic E-state index is 12.8. The second kappa shape index (κ2) is 35.8. The summed E-state index contributed by atoms with van der Waals surface area (Å²) in [5.74, 6) is -1.79. The molecule has 0 aromatic rings. The van der Waals surface area contributed by atoms with Gasteiger partial charge in [0, 0.05) is 37.5 Å². The van der Waals surface area contributed by atoms with Crippen molar-refractivity contribution in [3.05, 3.63) is 0 Å². The lowest BCUT2D eigenvalue weighted by molar-refractivity contribution is -0.148. The Balaban J connectivity index is 1.40. The molecule has 10 nitrogen and oxygen atoms in total. The number of unbranched alkanes of at least 4 members (excludes halogenated alkanes) is 27. The number of esters is 2. The van der Waals surface area contributed by atoms with Crippen LogP contribution in [0, 0.1) is 11.8 Å². The molecule has 0 aliphatic carbocycles. The molecule has 0 spiro atoms. The van der Waals surface area contributed by atoms with Crippen LogP contribution in [0.4, 0.5) is 0 Å². The third-order valence-corrected chi connectivity index (χ3v) is 12.7. The summed E-state index contributed by atoms with van der Waals surface area (Å²) < 4.78 is 10.6. The second-order valence-electron chi connectivity index (χ2n) is 18.0. The van der Waals surface area contributed by atoms with Gasteiger partial charge in [-0.05, 0) is 25.7 Å². The summed E-state index contributed by atoms with van der Waals surface area (Å²) in [5, 5.41) is 0. The number of nitrogens with zero attached hydrogens (tertiary/aromatic N) is 2. The number of hydrogen-bond acceptors (Lipinski definition) is 8. The number of ether oxygens (including phenoxy) is 2. The van der Waals surface area contributed by atoms with E-state index in [0.717, 1.165) is 51.4 Å². The van der Waals surface area contributed by atoms with Gasteiger partial charge in [-0.1, -0.05) is 194 Å². The first kappa shape index (κ1) is 53.4. The molecule has 2 unspecified atom stereocenters. The van der Waals surface area contributed by atoms with Gasteiger partial charge in [0.15, 0.2) is 0 Å². The first-order chi connectivity index (χ1) is 29.3. The highest BCUT2D eigenvalue weighted by Gasteiger charge is 2.38. The van der Waals surface area contributed by atoms with Crippen molar-refractivity contribution in [2.75, 3.05) is 26.3 Å². The average molecular weight is 845 g/mol. The zero-order valence-electron chi connectivity index (χ0n) is 38.6. The maximum Gasteiger partial charge on any atom is 0.305 e. The lowest BCUT2D eigenvalue weighted by Crippen LogP contribution is -2.34. The molecule has 2 aliphatic heterocycles. The van der Waals surface area contributed by atoms with Crippen molar-refractivity contribution in [3.8, 4) is 0 Å². The molecule has 0 aromatic heterocycles. The van der Waals surface area contributed by atoms with Gasteiger partial charge in [-0.25, -0.2) is 0 Å². The summed E-state index contributed by atoms with van der Waals surface area (Å²) in [6, 6.07) is 0. The van der Waals surface area contributed by atoms with Gasteiger partial charge >= 0.3 is 11.9 Å². The van der Waals surface area contributed by atoms with Crippen molar-refractivity contribution in [3.63, 3.8) is 0 Å². The van der Waals surface area contributed by atoms with Gasteiger partial charge in [-0.15, -0.1) is 0 Å². The zero-order valence-corrected chi connectivity index (χ0v) is 38.6. The summed E-state index contributed by atoms with van der Waals surface area (Å²) in [6.45, 7) is 4.76. The Morgan fingerprint density at radius 2 is 0.683 bits per heavy atom. The molecule has 2 heterocycles. The zero-order chi connectivity index (χ0) is 43.5. The molecule has 2 rings (SSSR count). The Morgan fingerprint density at radius 3 is 0.983 bits per heavy atom. The molecule has 0 aromatic carbocycles. The van der Waals surface area contributed by atoms with E-state index in [9.17, 15) is 28.8 Å². The minimum absolute atomic E-state index is 0.0162. The van der Waals surface area contributed by atoms with Crippen LogP contribution in [0.15, 0.2) is 0 Å². The fourth-order valence-corrected chi connectivity index (χ4v) is 8.78. The van der Waals surface area contributed by atoms with E-state index >= 15 is 0 Å². The van der Waals surface area contributed by atoms with Gasteiger partial charge in [0.05, 0.1) is 13.1 Å². The molecule has 4 amide bonds. The molecule has 0 radical (unpaired) electrons. The molecule has 2 atom stereocenters. The number of amides is 4. The lowest BCUT2D eigenvalue weighted by atomic mass is 9.98. The van der Waals surface area contributed by atoms with Crippen LogP contribution >= 0.6 is 0 Å². The Morgan fingerprint density at radius 1 is 0.417 bits per heavy atom. The Hall–Kier alpha value is -2.78. The minimum Gasteiger partial charge on any atom is -0.464 e. The van der Waals surface area contributed by atoms with E-state index in [0.29, 0.717) is 12.8 Å². The summed E-state index contributed by atoms with van der Waals surface area (Å²) >= 11 is 0. The standard InChI is InChI=1S/C50H88N2O8/c1-3-5-7-9-11-13-15-17-19-21-23-25-29-33-43-41-45(53)51(49(43)57)37-39-59-47(55)35-31-27-28-32-36-48(56)60-40-38-52-46(54)42-44(50(52)58)34-30-26-24-22-20-18-16-14-12-10-8-6-4-2/h43-44H,3-42H2,1-2H3. The second-order valence-corrected chi connectivity index (χ2v) is 18.0. The summed E-state index contributed by atoms with van der Waals surface area (Å²) in [4.78, 5) is 77.6. The van der Waals surface area contributed by atoms with Crippen LogP contribution in [0.25, 0.3) is 0 Å².